The molecule has 106 valence electrons. The van der Waals surface area contributed by atoms with Crippen molar-refractivity contribution in [1.82, 2.24) is 0 Å². The number of hydrogen-bond donors (Lipinski definition) is 0. The lowest BCUT2D eigenvalue weighted by atomic mass is 9.86. The third kappa shape index (κ3) is 4.19. The maximum absolute atomic E-state index is 2.28. The van der Waals surface area contributed by atoms with Gasteiger partial charge in [-0.15, -0.1) is 0 Å². The summed E-state index contributed by atoms with van der Waals surface area (Å²) in [5.41, 5.74) is 4.53. The molecule has 0 radical (unpaired) electrons. The predicted octanol–water partition coefficient (Wildman–Crippen LogP) is 3.98. The second-order valence-corrected chi connectivity index (χ2v) is 6.67. The van der Waals surface area contributed by atoms with Crippen LogP contribution in [-0.4, -0.2) is 0 Å². The fourth-order valence-electron chi connectivity index (χ4n) is 2.37. The van der Waals surface area contributed by atoms with Crippen molar-refractivity contribution in [2.24, 2.45) is 7.05 Å². The largest absolute Gasteiger partial charge is 0.208 e. The molecule has 2 aromatic rings. The van der Waals surface area contributed by atoms with E-state index in [-0.39, 0.29) is 5.41 Å². The van der Waals surface area contributed by atoms with E-state index >= 15 is 0 Å². The molecular formula is C19H26N+. The molecule has 0 saturated carbocycles. The first-order valence-corrected chi connectivity index (χ1v) is 7.49. The molecule has 20 heavy (non-hydrogen) atoms. The fraction of sp³-hybridized carbons (Fsp3) is 0.421. The highest BCUT2D eigenvalue weighted by Gasteiger charge is 2.12. The second-order valence-electron chi connectivity index (χ2n) is 6.67. The summed E-state index contributed by atoms with van der Waals surface area (Å²) in [6.07, 6.45) is 7.76. The van der Waals surface area contributed by atoms with Gasteiger partial charge in [0.1, 0.15) is 7.05 Å². The molecule has 0 aliphatic carbocycles. The van der Waals surface area contributed by atoms with Gasteiger partial charge in [-0.25, -0.2) is 4.57 Å². The molecule has 0 aliphatic heterocycles. The Kier molecular flexibility index (Phi) is 4.59. The van der Waals surface area contributed by atoms with Crippen LogP contribution in [0.15, 0.2) is 48.8 Å². The first-order chi connectivity index (χ1) is 9.45. The van der Waals surface area contributed by atoms with Crippen molar-refractivity contribution in [3.05, 3.63) is 65.5 Å². The molecule has 1 heteroatoms. The summed E-state index contributed by atoms with van der Waals surface area (Å²) in [5.74, 6) is 0. The molecule has 0 spiro atoms. The van der Waals surface area contributed by atoms with Crippen LogP contribution < -0.4 is 4.57 Å². The molecule has 0 N–H and O–H groups in total. The van der Waals surface area contributed by atoms with Gasteiger partial charge in [0, 0.05) is 12.1 Å². The highest BCUT2D eigenvalue weighted by atomic mass is 14.9. The van der Waals surface area contributed by atoms with E-state index in [1.807, 2.05) is 0 Å². The standard InChI is InChI=1S/C19H26N/c1-19(2,3)18-10-8-16(9-11-18)6-5-7-17-12-14-20(4)15-13-17/h8-15H,5-7H2,1-4H3/q+1. The predicted molar refractivity (Wildman–Crippen MR) is 84.8 cm³/mol. The highest BCUT2D eigenvalue weighted by molar-refractivity contribution is 5.27. The van der Waals surface area contributed by atoms with Crippen LogP contribution in [0, 0.1) is 0 Å². The van der Waals surface area contributed by atoms with Crippen LogP contribution in [0.5, 0.6) is 0 Å². The number of aromatic nitrogens is 1. The molecule has 0 aliphatic rings. The summed E-state index contributed by atoms with van der Waals surface area (Å²) in [6.45, 7) is 6.78. The van der Waals surface area contributed by atoms with Crippen molar-refractivity contribution in [1.29, 1.82) is 0 Å². The number of pyridine rings is 1. The van der Waals surface area contributed by atoms with E-state index in [0.29, 0.717) is 0 Å². The Bertz CT molecular complexity index is 529. The third-order valence-corrected chi connectivity index (χ3v) is 3.80. The lowest BCUT2D eigenvalue weighted by molar-refractivity contribution is -0.671. The van der Waals surface area contributed by atoms with Crippen LogP contribution in [0.4, 0.5) is 0 Å². The average Bonchev–Trinajstić information content (AvgIpc) is 2.41. The normalized spacial score (nSPS) is 11.6. The van der Waals surface area contributed by atoms with Gasteiger partial charge in [-0.2, -0.15) is 0 Å². The van der Waals surface area contributed by atoms with Gasteiger partial charge in [0.25, 0.3) is 0 Å². The van der Waals surface area contributed by atoms with E-state index in [1.165, 1.54) is 23.1 Å². The molecular weight excluding hydrogens is 242 g/mol. The van der Waals surface area contributed by atoms with Crippen LogP contribution in [-0.2, 0) is 25.3 Å². The zero-order chi connectivity index (χ0) is 14.6. The number of hydrogen-bond acceptors (Lipinski definition) is 0. The summed E-state index contributed by atoms with van der Waals surface area (Å²) in [4.78, 5) is 0. The van der Waals surface area contributed by atoms with Gasteiger partial charge < -0.3 is 0 Å². The fourth-order valence-corrected chi connectivity index (χ4v) is 2.37. The third-order valence-electron chi connectivity index (χ3n) is 3.80. The van der Waals surface area contributed by atoms with Crippen molar-refractivity contribution in [2.45, 2.75) is 45.4 Å². The van der Waals surface area contributed by atoms with Crippen LogP contribution in [0.2, 0.25) is 0 Å². The van der Waals surface area contributed by atoms with E-state index in [0.717, 1.165) is 12.8 Å². The van der Waals surface area contributed by atoms with Crippen molar-refractivity contribution in [2.75, 3.05) is 0 Å². The van der Waals surface area contributed by atoms with Crippen LogP contribution in [0.25, 0.3) is 0 Å². The summed E-state index contributed by atoms with van der Waals surface area (Å²) in [5, 5.41) is 0. The van der Waals surface area contributed by atoms with E-state index < -0.39 is 0 Å². The number of benzene rings is 1. The monoisotopic (exact) mass is 268 g/mol. The summed E-state index contributed by atoms with van der Waals surface area (Å²) >= 11 is 0. The molecule has 0 amide bonds. The molecule has 1 aromatic heterocycles. The molecule has 0 unspecified atom stereocenters. The highest BCUT2D eigenvalue weighted by Crippen LogP contribution is 2.22. The van der Waals surface area contributed by atoms with Gasteiger partial charge in [-0.05, 0) is 41.4 Å². The Morgan fingerprint density at radius 2 is 1.30 bits per heavy atom. The number of aryl methyl sites for hydroxylation is 3. The molecule has 1 heterocycles. The summed E-state index contributed by atoms with van der Waals surface area (Å²) in [7, 11) is 2.06. The molecule has 2 rings (SSSR count). The second kappa shape index (κ2) is 6.21. The van der Waals surface area contributed by atoms with Gasteiger partial charge >= 0.3 is 0 Å². The SMILES string of the molecule is C[n+]1ccc(CCCc2ccc(C(C)(C)C)cc2)cc1. The Morgan fingerprint density at radius 1 is 0.800 bits per heavy atom. The van der Waals surface area contributed by atoms with Crippen LogP contribution in [0.3, 0.4) is 0 Å². The number of rotatable bonds is 4. The molecule has 0 fully saturated rings. The van der Waals surface area contributed by atoms with Crippen molar-refractivity contribution in [3.8, 4) is 0 Å². The van der Waals surface area contributed by atoms with Gasteiger partial charge in [0.05, 0.1) is 0 Å². The van der Waals surface area contributed by atoms with E-state index in [9.17, 15) is 0 Å². The van der Waals surface area contributed by atoms with Gasteiger partial charge in [-0.3, -0.25) is 0 Å². The molecule has 1 aromatic carbocycles. The molecule has 1 nitrogen and oxygen atoms in total. The average molecular weight is 268 g/mol. The molecule has 0 bridgehead atoms. The van der Waals surface area contributed by atoms with E-state index in [4.69, 9.17) is 0 Å². The lowest BCUT2D eigenvalue weighted by Crippen LogP contribution is -2.25. The van der Waals surface area contributed by atoms with Crippen LogP contribution >= 0.6 is 0 Å². The Labute approximate surface area is 123 Å². The minimum atomic E-state index is 0.248. The first-order valence-electron chi connectivity index (χ1n) is 7.49. The number of nitrogens with zero attached hydrogens (tertiary/aromatic N) is 1. The zero-order valence-corrected chi connectivity index (χ0v) is 13.2. The summed E-state index contributed by atoms with van der Waals surface area (Å²) in [6, 6.07) is 13.5. The maximum atomic E-state index is 2.28. The summed E-state index contributed by atoms with van der Waals surface area (Å²) < 4.78 is 2.08. The molecule has 0 atom stereocenters. The Morgan fingerprint density at radius 3 is 1.80 bits per heavy atom. The van der Waals surface area contributed by atoms with Crippen molar-refractivity contribution < 1.29 is 4.57 Å². The quantitative estimate of drug-likeness (QED) is 0.738. The zero-order valence-electron chi connectivity index (χ0n) is 13.2. The van der Waals surface area contributed by atoms with Gasteiger partial charge in [0.2, 0.25) is 0 Å². The van der Waals surface area contributed by atoms with Crippen molar-refractivity contribution in [3.63, 3.8) is 0 Å². The minimum Gasteiger partial charge on any atom is -0.208 e. The van der Waals surface area contributed by atoms with E-state index in [2.05, 4.69) is 81.2 Å². The molecule has 0 saturated heterocycles. The van der Waals surface area contributed by atoms with Gasteiger partial charge in [-0.1, -0.05) is 45.0 Å². The van der Waals surface area contributed by atoms with Crippen LogP contribution in [0.1, 0.15) is 43.9 Å². The van der Waals surface area contributed by atoms with E-state index in [1.54, 1.807) is 0 Å². The van der Waals surface area contributed by atoms with Crippen molar-refractivity contribution >= 4 is 0 Å². The lowest BCUT2D eigenvalue weighted by Gasteiger charge is -2.19. The topological polar surface area (TPSA) is 3.88 Å². The smallest absolute Gasteiger partial charge is 0.168 e. The van der Waals surface area contributed by atoms with Gasteiger partial charge in [0.15, 0.2) is 12.4 Å². The first kappa shape index (κ1) is 14.8. The maximum Gasteiger partial charge on any atom is 0.168 e. The minimum absolute atomic E-state index is 0.248. The Hall–Kier alpha value is -1.63. The Balaban J connectivity index is 1.87.